The molecule has 5 rings (SSSR count). The Hall–Kier alpha value is -2.54. The Labute approximate surface area is 207 Å². The maximum Gasteiger partial charge on any atom is 0.263 e. The summed E-state index contributed by atoms with van der Waals surface area (Å²) in [4.78, 5) is 36.9. The molecular formula is C25H29N5O2S2. The van der Waals surface area contributed by atoms with Crippen LogP contribution in [-0.4, -0.2) is 33.4 Å². The lowest BCUT2D eigenvalue weighted by molar-refractivity contribution is -0.116. The van der Waals surface area contributed by atoms with Gasteiger partial charge in [-0.2, -0.15) is 5.26 Å². The number of amides is 1. The smallest absolute Gasteiger partial charge is 0.263 e. The van der Waals surface area contributed by atoms with Crippen molar-refractivity contribution in [2.45, 2.75) is 66.0 Å². The molecule has 1 amide bonds. The summed E-state index contributed by atoms with van der Waals surface area (Å²) in [5.41, 5.74) is 2.45. The van der Waals surface area contributed by atoms with Crippen LogP contribution in [0.1, 0.15) is 58.5 Å². The minimum Gasteiger partial charge on any atom is -0.315 e. The summed E-state index contributed by atoms with van der Waals surface area (Å²) in [7, 11) is 0. The zero-order chi connectivity index (χ0) is 24.0. The number of hydrogen-bond acceptors (Lipinski definition) is 7. The molecule has 1 atom stereocenters. The molecule has 34 heavy (non-hydrogen) atoms. The fourth-order valence-electron chi connectivity index (χ4n) is 5.06. The summed E-state index contributed by atoms with van der Waals surface area (Å²) in [6.45, 7) is 8.57. The number of nitriles is 1. The summed E-state index contributed by atoms with van der Waals surface area (Å²) in [5.74, 6) is 0.928. The third kappa shape index (κ3) is 4.19. The maximum atomic E-state index is 13.5. The van der Waals surface area contributed by atoms with E-state index in [0.29, 0.717) is 34.2 Å². The highest BCUT2D eigenvalue weighted by atomic mass is 32.1. The molecule has 1 aliphatic carbocycles. The van der Waals surface area contributed by atoms with E-state index < -0.39 is 0 Å². The quantitative estimate of drug-likeness (QED) is 0.568. The molecule has 1 aliphatic heterocycles. The summed E-state index contributed by atoms with van der Waals surface area (Å²) in [6, 6.07) is 2.30. The van der Waals surface area contributed by atoms with Crippen LogP contribution in [0.5, 0.6) is 0 Å². The van der Waals surface area contributed by atoms with Crippen LogP contribution in [0.25, 0.3) is 10.2 Å². The van der Waals surface area contributed by atoms with Crippen molar-refractivity contribution in [2.75, 3.05) is 18.4 Å². The number of nitrogens with zero attached hydrogens (tertiary/aromatic N) is 4. The van der Waals surface area contributed by atoms with Crippen LogP contribution in [0, 0.1) is 31.1 Å². The highest BCUT2D eigenvalue weighted by Crippen LogP contribution is 2.39. The lowest BCUT2D eigenvalue weighted by atomic mass is 9.89. The number of fused-ring (bicyclic) bond motifs is 2. The Morgan fingerprint density at radius 3 is 2.76 bits per heavy atom. The van der Waals surface area contributed by atoms with E-state index in [1.54, 1.807) is 0 Å². The molecule has 1 N–H and O–H groups in total. The van der Waals surface area contributed by atoms with Crippen molar-refractivity contribution < 1.29 is 4.79 Å². The Morgan fingerprint density at radius 2 is 2.03 bits per heavy atom. The number of aromatic nitrogens is 2. The number of anilines is 1. The van der Waals surface area contributed by atoms with Gasteiger partial charge in [0.2, 0.25) is 5.91 Å². The lowest BCUT2D eigenvalue weighted by Gasteiger charge is -2.18. The fourth-order valence-corrected chi connectivity index (χ4v) is 7.48. The lowest BCUT2D eigenvalue weighted by Crippen LogP contribution is -2.33. The zero-order valence-electron chi connectivity index (χ0n) is 19.9. The van der Waals surface area contributed by atoms with E-state index in [1.807, 2.05) is 13.8 Å². The van der Waals surface area contributed by atoms with Gasteiger partial charge in [-0.1, -0.05) is 6.92 Å². The van der Waals surface area contributed by atoms with E-state index in [-0.39, 0.29) is 18.0 Å². The highest BCUT2D eigenvalue weighted by Gasteiger charge is 2.26. The normalized spacial score (nSPS) is 18.2. The van der Waals surface area contributed by atoms with Crippen molar-refractivity contribution in [3.8, 4) is 6.07 Å². The van der Waals surface area contributed by atoms with E-state index in [0.717, 1.165) is 66.0 Å². The van der Waals surface area contributed by atoms with Crippen LogP contribution < -0.4 is 10.9 Å². The Balaban J connectivity index is 1.47. The van der Waals surface area contributed by atoms with E-state index in [2.05, 4.69) is 23.2 Å². The molecule has 0 radical (unpaired) electrons. The van der Waals surface area contributed by atoms with Crippen LogP contribution in [0.2, 0.25) is 0 Å². The van der Waals surface area contributed by atoms with Gasteiger partial charge in [0.15, 0.2) is 0 Å². The van der Waals surface area contributed by atoms with Gasteiger partial charge in [0.1, 0.15) is 28.3 Å². The Bertz CT molecular complexity index is 1370. The molecule has 1 unspecified atom stereocenters. The molecule has 178 valence electrons. The summed E-state index contributed by atoms with van der Waals surface area (Å²) in [5, 5.41) is 13.9. The molecule has 0 bridgehead atoms. The minimum atomic E-state index is -0.293. The molecule has 1 fully saturated rings. The van der Waals surface area contributed by atoms with Gasteiger partial charge in [0, 0.05) is 9.75 Å². The molecule has 1 saturated heterocycles. The zero-order valence-corrected chi connectivity index (χ0v) is 21.5. The van der Waals surface area contributed by atoms with Gasteiger partial charge in [0.05, 0.1) is 17.5 Å². The predicted octanol–water partition coefficient (Wildman–Crippen LogP) is 4.37. The van der Waals surface area contributed by atoms with Crippen molar-refractivity contribution in [3.05, 3.63) is 42.6 Å². The first-order valence-electron chi connectivity index (χ1n) is 11.9. The first-order valence-corrected chi connectivity index (χ1v) is 13.5. The fraction of sp³-hybridized carbons (Fsp3) is 0.520. The van der Waals surface area contributed by atoms with Crippen LogP contribution in [0.3, 0.4) is 0 Å². The number of hydrogen-bond donors (Lipinski definition) is 1. The summed E-state index contributed by atoms with van der Waals surface area (Å²) in [6.07, 6.45) is 5.17. The second-order valence-corrected chi connectivity index (χ2v) is 11.9. The first kappa shape index (κ1) is 23.2. The Morgan fingerprint density at radius 1 is 1.26 bits per heavy atom. The van der Waals surface area contributed by atoms with Crippen molar-refractivity contribution in [3.63, 3.8) is 0 Å². The topological polar surface area (TPSA) is 91.0 Å². The van der Waals surface area contributed by atoms with Crippen LogP contribution in [-0.2, 0) is 30.7 Å². The van der Waals surface area contributed by atoms with Gasteiger partial charge in [-0.25, -0.2) is 4.98 Å². The van der Waals surface area contributed by atoms with E-state index in [1.165, 1.54) is 32.1 Å². The van der Waals surface area contributed by atoms with Crippen LogP contribution in [0.15, 0.2) is 4.79 Å². The number of carbonyl (C=O) groups is 1. The van der Waals surface area contributed by atoms with Crippen LogP contribution >= 0.6 is 22.7 Å². The SMILES string of the molecule is Cc1sc2nc(CN3CCCC3)n(CC(=O)Nc3sc4c(c3C#N)CCC(C)C4)c(=O)c2c1C. The summed E-state index contributed by atoms with van der Waals surface area (Å²) >= 11 is 3.05. The standard InChI is InChI=1S/C25H29N5O2S2/c1-14-6-7-17-18(11-26)23(34-19(17)10-14)28-21(31)13-30-20(12-29-8-4-5-9-29)27-24-22(25(30)32)15(2)16(3)33-24/h14H,4-10,12-13H2,1-3H3,(H,28,31). The second-order valence-electron chi connectivity index (χ2n) is 9.58. The predicted molar refractivity (Wildman–Crippen MR) is 137 cm³/mol. The average Bonchev–Trinajstić information content (AvgIpc) is 3.49. The van der Waals surface area contributed by atoms with Crippen LogP contribution in [0.4, 0.5) is 5.00 Å². The number of likely N-dealkylation sites (tertiary alicyclic amines) is 1. The number of rotatable bonds is 5. The molecule has 4 heterocycles. The molecule has 9 heteroatoms. The highest BCUT2D eigenvalue weighted by molar-refractivity contribution is 7.18. The van der Waals surface area contributed by atoms with Gasteiger partial charge in [-0.05, 0) is 76.1 Å². The molecule has 0 saturated carbocycles. The maximum absolute atomic E-state index is 13.5. The van der Waals surface area contributed by atoms with E-state index in [4.69, 9.17) is 4.98 Å². The molecular weight excluding hydrogens is 466 g/mol. The molecule has 0 spiro atoms. The van der Waals surface area contributed by atoms with Gasteiger partial charge in [0.25, 0.3) is 5.56 Å². The van der Waals surface area contributed by atoms with E-state index >= 15 is 0 Å². The first-order chi connectivity index (χ1) is 16.4. The number of aryl methyl sites for hydroxylation is 2. The number of thiophene rings is 2. The molecule has 2 aliphatic rings. The molecule has 7 nitrogen and oxygen atoms in total. The summed E-state index contributed by atoms with van der Waals surface area (Å²) < 4.78 is 1.54. The third-order valence-electron chi connectivity index (χ3n) is 7.11. The van der Waals surface area contributed by atoms with Gasteiger partial charge < -0.3 is 5.32 Å². The monoisotopic (exact) mass is 495 g/mol. The Kier molecular flexibility index (Phi) is 6.32. The van der Waals surface area contributed by atoms with Crippen molar-refractivity contribution in [1.29, 1.82) is 5.26 Å². The largest absolute Gasteiger partial charge is 0.315 e. The second kappa shape index (κ2) is 9.25. The number of nitrogens with one attached hydrogen (secondary N) is 1. The van der Waals surface area contributed by atoms with Crippen molar-refractivity contribution in [1.82, 2.24) is 14.5 Å². The van der Waals surface area contributed by atoms with Crippen molar-refractivity contribution in [2.24, 2.45) is 5.92 Å². The average molecular weight is 496 g/mol. The van der Waals surface area contributed by atoms with E-state index in [9.17, 15) is 14.9 Å². The van der Waals surface area contributed by atoms with Crippen molar-refractivity contribution >= 4 is 43.8 Å². The molecule has 3 aromatic rings. The molecule has 0 aromatic carbocycles. The minimum absolute atomic E-state index is 0.108. The van der Waals surface area contributed by atoms with Gasteiger partial charge >= 0.3 is 0 Å². The number of carbonyl (C=O) groups excluding carboxylic acids is 1. The van der Waals surface area contributed by atoms with Gasteiger partial charge in [-0.3, -0.25) is 19.1 Å². The molecule has 3 aromatic heterocycles. The third-order valence-corrected chi connectivity index (χ3v) is 9.38. The van der Waals surface area contributed by atoms with Gasteiger partial charge in [-0.15, -0.1) is 22.7 Å².